The van der Waals surface area contributed by atoms with Crippen LogP contribution in [0.25, 0.3) is 11.1 Å². The number of nitrogens with one attached hydrogen (secondary N) is 1. The molecule has 2 amide bonds. The predicted molar refractivity (Wildman–Crippen MR) is 121 cm³/mol. The molecule has 7 nitrogen and oxygen atoms in total. The van der Waals surface area contributed by atoms with Crippen molar-refractivity contribution in [2.75, 3.05) is 19.6 Å². The van der Waals surface area contributed by atoms with Crippen LogP contribution in [0.1, 0.15) is 24.8 Å². The number of likely N-dealkylation sites (tertiary alicyclic amines) is 1. The van der Waals surface area contributed by atoms with Gasteiger partial charge >= 0.3 is 12.1 Å². The fourth-order valence-corrected chi connectivity index (χ4v) is 3.60. The summed E-state index contributed by atoms with van der Waals surface area (Å²) in [4.78, 5) is 35.7. The molecule has 196 valence electrons. The van der Waals surface area contributed by atoms with E-state index in [4.69, 9.17) is 15.6 Å². The number of rotatable bonds is 6. The highest BCUT2D eigenvalue weighted by molar-refractivity contribution is 5.93. The van der Waals surface area contributed by atoms with E-state index in [9.17, 15) is 31.5 Å². The standard InChI is InChI=1S/C22H25F2N3O2.C2HF3O2/c1-2-26-21(28)19(20(25)22(29)27-12-11-18(24)13-27)16-5-3-14(4-6-16)15-7-9-17(23)10-8-15;3-2(4,5)1(6)7/h3-10,18-20H,2,11-13,25H2,1H3,(H,26,28);(H,6,7)/t18-,19-,20-;/m0./s1. The summed E-state index contributed by atoms with van der Waals surface area (Å²) < 4.78 is 58.4. The number of aliphatic carboxylic acids is 1. The number of nitrogens with zero attached hydrogens (tertiary/aromatic N) is 1. The Bertz CT molecular complexity index is 1050. The van der Waals surface area contributed by atoms with E-state index >= 15 is 0 Å². The molecule has 1 aliphatic rings. The van der Waals surface area contributed by atoms with Crippen molar-refractivity contribution >= 4 is 17.8 Å². The highest BCUT2D eigenvalue weighted by Crippen LogP contribution is 2.26. The van der Waals surface area contributed by atoms with E-state index in [1.54, 1.807) is 43.3 Å². The molecule has 3 rings (SSSR count). The van der Waals surface area contributed by atoms with Gasteiger partial charge in [-0.3, -0.25) is 9.59 Å². The molecule has 0 bridgehead atoms. The lowest BCUT2D eigenvalue weighted by Crippen LogP contribution is -2.50. The number of halogens is 5. The first-order valence-corrected chi connectivity index (χ1v) is 11.0. The first-order chi connectivity index (χ1) is 16.8. The first kappa shape index (κ1) is 28.7. The zero-order valence-electron chi connectivity index (χ0n) is 19.3. The topological polar surface area (TPSA) is 113 Å². The van der Waals surface area contributed by atoms with Crippen molar-refractivity contribution in [1.29, 1.82) is 0 Å². The van der Waals surface area contributed by atoms with Gasteiger partial charge in [0.15, 0.2) is 0 Å². The van der Waals surface area contributed by atoms with Crippen LogP contribution in [0.5, 0.6) is 0 Å². The third kappa shape index (κ3) is 7.74. The van der Waals surface area contributed by atoms with Crippen LogP contribution in [0, 0.1) is 5.82 Å². The van der Waals surface area contributed by atoms with E-state index < -0.39 is 36.2 Å². The molecule has 3 atom stereocenters. The number of carboxylic acid groups (broad SMARTS) is 1. The van der Waals surface area contributed by atoms with Gasteiger partial charge in [-0.25, -0.2) is 13.6 Å². The van der Waals surface area contributed by atoms with Gasteiger partial charge in [-0.2, -0.15) is 13.2 Å². The summed E-state index contributed by atoms with van der Waals surface area (Å²) in [6, 6.07) is 12.1. The summed E-state index contributed by atoms with van der Waals surface area (Å²) in [6.45, 7) is 2.51. The van der Waals surface area contributed by atoms with Gasteiger partial charge in [-0.05, 0) is 42.2 Å². The minimum Gasteiger partial charge on any atom is -0.475 e. The Morgan fingerprint density at radius 1 is 1.08 bits per heavy atom. The van der Waals surface area contributed by atoms with Crippen molar-refractivity contribution in [3.63, 3.8) is 0 Å². The number of nitrogens with two attached hydrogens (primary N) is 1. The maximum Gasteiger partial charge on any atom is 0.490 e. The predicted octanol–water partition coefficient (Wildman–Crippen LogP) is 3.24. The number of likely N-dealkylation sites (N-methyl/N-ethyl adjacent to an activating group) is 1. The van der Waals surface area contributed by atoms with Crippen molar-refractivity contribution < 1.29 is 41.4 Å². The third-order valence-corrected chi connectivity index (χ3v) is 5.41. The molecule has 0 aliphatic carbocycles. The van der Waals surface area contributed by atoms with E-state index in [-0.39, 0.29) is 24.7 Å². The van der Waals surface area contributed by atoms with Gasteiger partial charge in [0.05, 0.1) is 12.5 Å². The van der Waals surface area contributed by atoms with Crippen molar-refractivity contribution in [2.45, 2.75) is 37.7 Å². The summed E-state index contributed by atoms with van der Waals surface area (Å²) in [5.74, 6) is -4.73. The second-order valence-electron chi connectivity index (χ2n) is 8.00. The largest absolute Gasteiger partial charge is 0.490 e. The maximum atomic E-state index is 13.5. The smallest absolute Gasteiger partial charge is 0.475 e. The van der Waals surface area contributed by atoms with Crippen molar-refractivity contribution in [3.8, 4) is 11.1 Å². The van der Waals surface area contributed by atoms with Crippen LogP contribution >= 0.6 is 0 Å². The molecule has 0 radical (unpaired) electrons. The lowest BCUT2D eigenvalue weighted by Gasteiger charge is -2.27. The molecular weight excluding hydrogens is 489 g/mol. The van der Waals surface area contributed by atoms with Gasteiger partial charge in [0.2, 0.25) is 11.8 Å². The maximum absolute atomic E-state index is 13.5. The van der Waals surface area contributed by atoms with Crippen LogP contribution in [-0.4, -0.2) is 65.8 Å². The molecule has 36 heavy (non-hydrogen) atoms. The van der Waals surface area contributed by atoms with Gasteiger partial charge in [-0.1, -0.05) is 36.4 Å². The van der Waals surface area contributed by atoms with Crippen LogP contribution < -0.4 is 11.1 Å². The number of carboxylic acids is 1. The Balaban J connectivity index is 0.000000572. The fraction of sp³-hybridized carbons (Fsp3) is 0.375. The molecule has 4 N–H and O–H groups in total. The van der Waals surface area contributed by atoms with Crippen LogP contribution in [0.2, 0.25) is 0 Å². The third-order valence-electron chi connectivity index (χ3n) is 5.41. The zero-order chi connectivity index (χ0) is 27.0. The van der Waals surface area contributed by atoms with Crippen molar-refractivity contribution in [2.24, 2.45) is 5.73 Å². The number of carbonyl (C=O) groups is 3. The molecule has 2 aromatic carbocycles. The monoisotopic (exact) mass is 515 g/mol. The second-order valence-corrected chi connectivity index (χ2v) is 8.00. The average Bonchev–Trinajstić information content (AvgIpc) is 3.26. The Kier molecular flexibility index (Phi) is 9.91. The average molecular weight is 515 g/mol. The highest BCUT2D eigenvalue weighted by Gasteiger charge is 2.38. The highest BCUT2D eigenvalue weighted by atomic mass is 19.4. The number of benzene rings is 2. The van der Waals surface area contributed by atoms with E-state index in [0.717, 1.165) is 11.1 Å². The lowest BCUT2D eigenvalue weighted by atomic mass is 9.89. The minimum absolute atomic E-state index is 0.0121. The SMILES string of the molecule is CCNC(=O)[C@@H](c1ccc(-c2ccc(F)cc2)cc1)[C@H](N)C(=O)N1CC[C@H](F)C1.O=C(O)C(F)(F)F. The van der Waals surface area contributed by atoms with Crippen LogP contribution in [0.3, 0.4) is 0 Å². The Morgan fingerprint density at radius 3 is 2.00 bits per heavy atom. The number of alkyl halides is 4. The Morgan fingerprint density at radius 2 is 1.58 bits per heavy atom. The minimum atomic E-state index is -5.08. The number of carbonyl (C=O) groups excluding carboxylic acids is 2. The van der Waals surface area contributed by atoms with Crippen LogP contribution in [0.15, 0.2) is 48.5 Å². The molecule has 12 heteroatoms. The van der Waals surface area contributed by atoms with Crippen LogP contribution in [0.4, 0.5) is 22.0 Å². The second kappa shape index (κ2) is 12.4. The molecule has 0 saturated carbocycles. The number of hydrogen-bond acceptors (Lipinski definition) is 4. The quantitative estimate of drug-likeness (QED) is 0.512. The zero-order valence-corrected chi connectivity index (χ0v) is 19.3. The van der Waals surface area contributed by atoms with Gasteiger partial charge in [0.25, 0.3) is 0 Å². The fourth-order valence-electron chi connectivity index (χ4n) is 3.60. The molecule has 1 saturated heterocycles. The van der Waals surface area contributed by atoms with E-state index in [2.05, 4.69) is 5.32 Å². The van der Waals surface area contributed by atoms with Gasteiger partial charge in [0.1, 0.15) is 18.0 Å². The molecule has 2 aromatic rings. The van der Waals surface area contributed by atoms with Gasteiger partial charge in [-0.15, -0.1) is 0 Å². The summed E-state index contributed by atoms with van der Waals surface area (Å²) in [7, 11) is 0. The number of amides is 2. The molecule has 1 aliphatic heterocycles. The molecule has 1 fully saturated rings. The summed E-state index contributed by atoms with van der Waals surface area (Å²) in [5, 5.41) is 9.85. The van der Waals surface area contributed by atoms with Crippen LogP contribution in [-0.2, 0) is 14.4 Å². The normalized spacial score (nSPS) is 17.0. The summed E-state index contributed by atoms with van der Waals surface area (Å²) in [6.07, 6.45) is -5.85. The Hall–Kier alpha value is -3.54. The van der Waals surface area contributed by atoms with Gasteiger partial charge in [0, 0.05) is 13.1 Å². The Labute approximate surface area is 204 Å². The van der Waals surface area contributed by atoms with E-state index in [1.807, 2.05) is 0 Å². The summed E-state index contributed by atoms with van der Waals surface area (Å²) >= 11 is 0. The van der Waals surface area contributed by atoms with E-state index in [0.29, 0.717) is 18.7 Å². The summed E-state index contributed by atoms with van der Waals surface area (Å²) in [5.41, 5.74) is 8.48. The van der Waals surface area contributed by atoms with Crippen molar-refractivity contribution in [1.82, 2.24) is 10.2 Å². The van der Waals surface area contributed by atoms with Gasteiger partial charge < -0.3 is 21.1 Å². The molecule has 0 unspecified atom stereocenters. The molecule has 0 aromatic heterocycles. The first-order valence-electron chi connectivity index (χ1n) is 11.0. The lowest BCUT2D eigenvalue weighted by molar-refractivity contribution is -0.192. The molecule has 1 heterocycles. The van der Waals surface area contributed by atoms with Crippen molar-refractivity contribution in [3.05, 3.63) is 59.9 Å². The number of hydrogen-bond donors (Lipinski definition) is 3. The molecule has 0 spiro atoms. The molecular formula is C24H26F5N3O4. The van der Waals surface area contributed by atoms with E-state index in [1.165, 1.54) is 17.0 Å².